The molecule has 0 radical (unpaired) electrons. The van der Waals surface area contributed by atoms with E-state index in [1.807, 2.05) is 0 Å². The van der Waals surface area contributed by atoms with E-state index in [1.54, 1.807) is 18.2 Å². The van der Waals surface area contributed by atoms with Crippen molar-refractivity contribution in [3.63, 3.8) is 0 Å². The molecule has 0 bridgehead atoms. The molecule has 2 aromatic rings. The molecule has 3 N–H and O–H groups in total. The third kappa shape index (κ3) is 3.23. The fraction of sp³-hybridized carbons (Fsp3) is 0. The smallest absolute Gasteiger partial charge is 0.272 e. The number of nitro groups is 1. The van der Waals surface area contributed by atoms with Gasteiger partial charge in [0.25, 0.3) is 15.7 Å². The minimum Gasteiger partial charge on any atom is -0.396 e. The Morgan fingerprint density at radius 1 is 1.19 bits per heavy atom. The van der Waals surface area contributed by atoms with E-state index in [0.717, 1.165) is 12.1 Å². The molecule has 21 heavy (non-hydrogen) atoms. The molecule has 0 spiro atoms. The van der Waals surface area contributed by atoms with Gasteiger partial charge in [-0.25, -0.2) is 8.42 Å². The van der Waals surface area contributed by atoms with Gasteiger partial charge in [0.05, 0.1) is 15.6 Å². The van der Waals surface area contributed by atoms with Crippen LogP contribution >= 0.6 is 11.6 Å². The first kappa shape index (κ1) is 15.1. The van der Waals surface area contributed by atoms with Crippen molar-refractivity contribution >= 4 is 38.7 Å². The monoisotopic (exact) mass is 327 g/mol. The van der Waals surface area contributed by atoms with Gasteiger partial charge in [-0.2, -0.15) is 0 Å². The Labute approximate surface area is 125 Å². The molecule has 0 saturated carbocycles. The number of nitrogens with two attached hydrogens (primary N) is 1. The lowest BCUT2D eigenvalue weighted by molar-refractivity contribution is -0.385. The second-order valence-electron chi connectivity index (χ2n) is 4.07. The Kier molecular flexibility index (Phi) is 4.01. The molecule has 0 fully saturated rings. The van der Waals surface area contributed by atoms with Crippen LogP contribution in [-0.2, 0) is 10.0 Å². The van der Waals surface area contributed by atoms with E-state index in [2.05, 4.69) is 4.72 Å². The van der Waals surface area contributed by atoms with Gasteiger partial charge in [-0.05, 0) is 12.1 Å². The lowest BCUT2D eigenvalue weighted by Gasteiger charge is -2.11. The van der Waals surface area contributed by atoms with E-state index in [9.17, 15) is 18.5 Å². The number of hydrogen-bond donors (Lipinski definition) is 2. The van der Waals surface area contributed by atoms with Gasteiger partial charge in [0.1, 0.15) is 4.90 Å². The maximum atomic E-state index is 12.3. The number of anilines is 2. The predicted octanol–water partition coefficient (Wildman–Crippen LogP) is 2.63. The highest BCUT2D eigenvalue weighted by Gasteiger charge is 2.23. The first-order chi connectivity index (χ1) is 9.81. The van der Waals surface area contributed by atoms with Crippen molar-refractivity contribution in [3.05, 3.63) is 57.6 Å². The van der Waals surface area contributed by atoms with Crippen LogP contribution in [0.1, 0.15) is 0 Å². The summed E-state index contributed by atoms with van der Waals surface area (Å²) in [5.74, 6) is 0. The molecular formula is C12H10ClN3O4S. The fourth-order valence-electron chi connectivity index (χ4n) is 1.62. The Morgan fingerprint density at radius 2 is 1.81 bits per heavy atom. The highest BCUT2D eigenvalue weighted by molar-refractivity contribution is 7.92. The second-order valence-corrected chi connectivity index (χ2v) is 6.13. The number of nitro benzene ring substituents is 1. The first-order valence-corrected chi connectivity index (χ1v) is 7.48. The maximum Gasteiger partial charge on any atom is 0.272 e. The summed E-state index contributed by atoms with van der Waals surface area (Å²) in [5, 5.41) is 10.6. The number of nitrogens with one attached hydrogen (secondary N) is 1. The molecule has 0 atom stereocenters. The summed E-state index contributed by atoms with van der Waals surface area (Å²) >= 11 is 5.75. The zero-order valence-electron chi connectivity index (χ0n) is 10.5. The van der Waals surface area contributed by atoms with Gasteiger partial charge in [-0.3, -0.25) is 14.8 Å². The molecule has 0 heterocycles. The normalized spacial score (nSPS) is 11.1. The highest BCUT2D eigenvalue weighted by Crippen LogP contribution is 2.32. The summed E-state index contributed by atoms with van der Waals surface area (Å²) in [5.41, 5.74) is 5.22. The van der Waals surface area contributed by atoms with E-state index in [1.165, 1.54) is 12.1 Å². The Balaban J connectivity index is 2.52. The molecule has 0 unspecified atom stereocenters. The summed E-state index contributed by atoms with van der Waals surface area (Å²) < 4.78 is 26.8. The Morgan fingerprint density at radius 3 is 2.38 bits per heavy atom. The van der Waals surface area contributed by atoms with Crippen LogP contribution in [0.5, 0.6) is 0 Å². The van der Waals surface area contributed by atoms with E-state index < -0.39 is 25.5 Å². The molecule has 0 amide bonds. The van der Waals surface area contributed by atoms with Gasteiger partial charge >= 0.3 is 0 Å². The topological polar surface area (TPSA) is 115 Å². The van der Waals surface area contributed by atoms with E-state index >= 15 is 0 Å². The van der Waals surface area contributed by atoms with Crippen molar-refractivity contribution in [2.75, 3.05) is 10.5 Å². The molecule has 9 heteroatoms. The molecule has 2 aromatic carbocycles. The van der Waals surface area contributed by atoms with Gasteiger partial charge in [0, 0.05) is 17.8 Å². The average Bonchev–Trinajstić information content (AvgIpc) is 2.41. The second kappa shape index (κ2) is 5.58. The van der Waals surface area contributed by atoms with Gasteiger partial charge in [-0.15, -0.1) is 0 Å². The van der Waals surface area contributed by atoms with E-state index in [4.69, 9.17) is 17.3 Å². The minimum atomic E-state index is -4.09. The van der Waals surface area contributed by atoms with Crippen LogP contribution in [0.15, 0.2) is 47.4 Å². The average molecular weight is 328 g/mol. The van der Waals surface area contributed by atoms with Crippen LogP contribution in [0.2, 0.25) is 5.02 Å². The van der Waals surface area contributed by atoms with Crippen molar-refractivity contribution in [1.82, 2.24) is 0 Å². The van der Waals surface area contributed by atoms with Crippen molar-refractivity contribution in [2.45, 2.75) is 4.90 Å². The van der Waals surface area contributed by atoms with Crippen LogP contribution < -0.4 is 10.5 Å². The number of benzene rings is 2. The molecular weight excluding hydrogens is 318 g/mol. The molecule has 0 aliphatic heterocycles. The number of nitrogens with zero attached hydrogens (tertiary/aromatic N) is 1. The van der Waals surface area contributed by atoms with E-state index in [0.29, 0.717) is 5.69 Å². The molecule has 0 aromatic heterocycles. The van der Waals surface area contributed by atoms with Gasteiger partial charge in [0.15, 0.2) is 0 Å². The molecule has 0 aliphatic carbocycles. The SMILES string of the molecule is Nc1c(Cl)cc([N+](=O)[O-])cc1S(=O)(=O)Nc1ccccc1. The van der Waals surface area contributed by atoms with Gasteiger partial charge in [0.2, 0.25) is 0 Å². The summed E-state index contributed by atoms with van der Waals surface area (Å²) in [6.07, 6.45) is 0. The summed E-state index contributed by atoms with van der Waals surface area (Å²) in [6.45, 7) is 0. The maximum absolute atomic E-state index is 12.3. The van der Waals surface area contributed by atoms with Crippen LogP contribution in [-0.4, -0.2) is 13.3 Å². The number of rotatable bonds is 4. The molecule has 0 saturated heterocycles. The first-order valence-electron chi connectivity index (χ1n) is 5.62. The highest BCUT2D eigenvalue weighted by atomic mass is 35.5. The van der Waals surface area contributed by atoms with Crippen LogP contribution in [0.3, 0.4) is 0 Å². The third-order valence-corrected chi connectivity index (χ3v) is 4.34. The predicted molar refractivity (Wildman–Crippen MR) is 79.8 cm³/mol. The zero-order valence-corrected chi connectivity index (χ0v) is 12.1. The van der Waals surface area contributed by atoms with E-state index in [-0.39, 0.29) is 10.7 Å². The lowest BCUT2D eigenvalue weighted by Crippen LogP contribution is -2.15. The number of non-ortho nitro benzene ring substituents is 1. The minimum absolute atomic E-state index is 0.197. The Bertz CT molecular complexity index is 794. The van der Waals surface area contributed by atoms with Gasteiger partial charge < -0.3 is 5.73 Å². The molecule has 110 valence electrons. The summed E-state index contributed by atoms with van der Waals surface area (Å²) in [4.78, 5) is 9.61. The molecule has 7 nitrogen and oxygen atoms in total. The summed E-state index contributed by atoms with van der Waals surface area (Å²) in [6, 6.07) is 9.93. The Hall–Kier alpha value is -2.32. The zero-order chi connectivity index (χ0) is 15.6. The van der Waals surface area contributed by atoms with Crippen LogP contribution in [0, 0.1) is 10.1 Å². The molecule has 2 rings (SSSR count). The number of para-hydroxylation sites is 1. The standard InChI is InChI=1S/C12H10ClN3O4S/c13-10-6-9(16(17)18)7-11(12(10)14)21(19,20)15-8-4-2-1-3-5-8/h1-7,15H,14H2. The van der Waals surface area contributed by atoms with Crippen LogP contribution in [0.25, 0.3) is 0 Å². The van der Waals surface area contributed by atoms with Gasteiger partial charge in [-0.1, -0.05) is 29.8 Å². The van der Waals surface area contributed by atoms with Crippen molar-refractivity contribution in [3.8, 4) is 0 Å². The third-order valence-electron chi connectivity index (χ3n) is 2.60. The summed E-state index contributed by atoms with van der Waals surface area (Å²) in [7, 11) is -4.09. The number of hydrogen-bond acceptors (Lipinski definition) is 5. The fourth-order valence-corrected chi connectivity index (χ4v) is 3.12. The number of sulfonamides is 1. The van der Waals surface area contributed by atoms with Crippen LogP contribution in [0.4, 0.5) is 17.1 Å². The molecule has 0 aliphatic rings. The number of nitrogen functional groups attached to an aromatic ring is 1. The van der Waals surface area contributed by atoms with Crippen molar-refractivity contribution in [1.29, 1.82) is 0 Å². The van der Waals surface area contributed by atoms with Crippen molar-refractivity contribution in [2.24, 2.45) is 0 Å². The van der Waals surface area contributed by atoms with Crippen molar-refractivity contribution < 1.29 is 13.3 Å². The quantitative estimate of drug-likeness (QED) is 0.508. The largest absolute Gasteiger partial charge is 0.396 e. The lowest BCUT2D eigenvalue weighted by atomic mass is 10.3. The number of halogens is 1.